The fourth-order valence-corrected chi connectivity index (χ4v) is 3.23. The largest absolute Gasteiger partial charge is 0.495 e. The van der Waals surface area contributed by atoms with Gasteiger partial charge in [-0.1, -0.05) is 12.1 Å². The highest BCUT2D eigenvalue weighted by atomic mass is 32.1. The summed E-state index contributed by atoms with van der Waals surface area (Å²) in [5, 5.41) is 9.82. The van der Waals surface area contributed by atoms with Crippen molar-refractivity contribution < 1.29 is 23.7 Å². The molecule has 3 aromatic rings. The molecule has 2 N–H and O–H groups in total. The zero-order valence-corrected chi connectivity index (χ0v) is 17.8. The average Bonchev–Trinajstić information content (AvgIpc) is 3.16. The summed E-state index contributed by atoms with van der Waals surface area (Å²) in [6, 6.07) is 10.6. The van der Waals surface area contributed by atoms with Gasteiger partial charge >= 0.3 is 0 Å². The molecule has 10 heteroatoms. The molecule has 3 rings (SSSR count). The Morgan fingerprint density at radius 2 is 1.67 bits per heavy atom. The lowest BCUT2D eigenvalue weighted by Crippen LogP contribution is -2.24. The van der Waals surface area contributed by atoms with Crippen LogP contribution in [0.1, 0.15) is 16.2 Å². The number of methoxy groups -OCH3 is 4. The van der Waals surface area contributed by atoms with Crippen LogP contribution in [0.3, 0.4) is 0 Å². The van der Waals surface area contributed by atoms with Crippen LogP contribution in [0.2, 0.25) is 0 Å². The van der Waals surface area contributed by atoms with Crippen LogP contribution in [-0.2, 0) is 6.54 Å². The number of carbonyl (C=O) groups is 1. The quantitative estimate of drug-likeness (QED) is 0.530. The molecule has 0 bridgehead atoms. The lowest BCUT2D eigenvalue weighted by molar-refractivity contribution is 0.0949. The molecule has 0 atom stereocenters. The van der Waals surface area contributed by atoms with Gasteiger partial charge in [-0.15, -0.1) is 0 Å². The SMILES string of the molecule is COc1ccccc1-n1c(CNC(=O)c2cc(OC)c(OC)c(OC)c2)n[nH]c1=S. The van der Waals surface area contributed by atoms with Crippen molar-refractivity contribution >= 4 is 18.1 Å². The Hall–Kier alpha value is -3.53. The van der Waals surface area contributed by atoms with E-state index in [9.17, 15) is 4.79 Å². The number of H-pyrrole nitrogens is 1. The van der Waals surface area contributed by atoms with Crippen LogP contribution in [-0.4, -0.2) is 49.1 Å². The number of benzene rings is 2. The predicted molar refractivity (Wildman–Crippen MR) is 113 cm³/mol. The molecule has 9 nitrogen and oxygen atoms in total. The molecule has 0 saturated heterocycles. The third-order valence-electron chi connectivity index (χ3n) is 4.40. The fourth-order valence-electron chi connectivity index (χ4n) is 2.98. The fraction of sp³-hybridized carbons (Fsp3) is 0.250. The molecule has 30 heavy (non-hydrogen) atoms. The summed E-state index contributed by atoms with van der Waals surface area (Å²) in [5.41, 5.74) is 1.07. The van der Waals surface area contributed by atoms with Crippen LogP contribution >= 0.6 is 12.2 Å². The number of carbonyl (C=O) groups excluding carboxylic acids is 1. The number of nitrogens with one attached hydrogen (secondary N) is 2. The number of amides is 1. The zero-order chi connectivity index (χ0) is 21.7. The third-order valence-corrected chi connectivity index (χ3v) is 4.68. The Morgan fingerprint density at radius 3 is 2.27 bits per heavy atom. The lowest BCUT2D eigenvalue weighted by Gasteiger charge is -2.14. The van der Waals surface area contributed by atoms with Gasteiger partial charge < -0.3 is 24.3 Å². The van der Waals surface area contributed by atoms with Crippen molar-refractivity contribution in [3.05, 3.63) is 52.6 Å². The molecule has 1 amide bonds. The highest BCUT2D eigenvalue weighted by Crippen LogP contribution is 2.38. The van der Waals surface area contributed by atoms with Gasteiger partial charge in [-0.2, -0.15) is 5.10 Å². The Morgan fingerprint density at radius 1 is 1.03 bits per heavy atom. The van der Waals surface area contributed by atoms with Crippen molar-refractivity contribution in [2.24, 2.45) is 0 Å². The predicted octanol–water partition coefficient (Wildman–Crippen LogP) is 2.89. The van der Waals surface area contributed by atoms with E-state index in [1.54, 1.807) is 23.8 Å². The van der Waals surface area contributed by atoms with Gasteiger partial charge in [0.2, 0.25) is 5.75 Å². The summed E-state index contributed by atoms with van der Waals surface area (Å²) in [6.45, 7) is 0.126. The van der Waals surface area contributed by atoms with Crippen molar-refractivity contribution in [1.82, 2.24) is 20.1 Å². The number of aromatic nitrogens is 3. The number of para-hydroxylation sites is 2. The van der Waals surface area contributed by atoms with E-state index < -0.39 is 0 Å². The second-order valence-corrected chi connectivity index (χ2v) is 6.44. The first kappa shape index (κ1) is 21.2. The maximum atomic E-state index is 12.8. The summed E-state index contributed by atoms with van der Waals surface area (Å²) < 4.78 is 23.4. The van der Waals surface area contributed by atoms with Gasteiger partial charge in [0.1, 0.15) is 5.75 Å². The molecule has 0 aliphatic carbocycles. The molecule has 0 aliphatic heterocycles. The van der Waals surface area contributed by atoms with Crippen LogP contribution in [0.5, 0.6) is 23.0 Å². The van der Waals surface area contributed by atoms with E-state index in [0.717, 1.165) is 5.69 Å². The van der Waals surface area contributed by atoms with Crippen molar-refractivity contribution in [2.75, 3.05) is 28.4 Å². The van der Waals surface area contributed by atoms with Crippen molar-refractivity contribution in [3.63, 3.8) is 0 Å². The van der Waals surface area contributed by atoms with Crippen molar-refractivity contribution in [3.8, 4) is 28.7 Å². The molecule has 0 saturated carbocycles. The second-order valence-electron chi connectivity index (χ2n) is 6.05. The minimum absolute atomic E-state index is 0.126. The highest BCUT2D eigenvalue weighted by Gasteiger charge is 2.18. The number of hydrogen-bond acceptors (Lipinski definition) is 7. The lowest BCUT2D eigenvalue weighted by atomic mass is 10.1. The maximum Gasteiger partial charge on any atom is 0.251 e. The topological polar surface area (TPSA) is 99.6 Å². The molecule has 2 aromatic carbocycles. The van der Waals surface area contributed by atoms with Gasteiger partial charge in [-0.25, -0.2) is 0 Å². The summed E-state index contributed by atoms with van der Waals surface area (Å²) in [4.78, 5) is 12.8. The van der Waals surface area contributed by atoms with Gasteiger partial charge in [-0.05, 0) is 36.5 Å². The number of rotatable bonds is 8. The van der Waals surface area contributed by atoms with Crippen molar-refractivity contribution in [1.29, 1.82) is 0 Å². The molecular weight excluding hydrogens is 408 g/mol. The Bertz CT molecular complexity index is 1080. The molecular formula is C20H22N4O5S. The van der Waals surface area contributed by atoms with Crippen molar-refractivity contribution in [2.45, 2.75) is 6.54 Å². The number of nitrogens with zero attached hydrogens (tertiary/aromatic N) is 2. The Labute approximate surface area is 178 Å². The van der Waals surface area contributed by atoms with E-state index in [2.05, 4.69) is 15.5 Å². The average molecular weight is 430 g/mol. The zero-order valence-electron chi connectivity index (χ0n) is 17.0. The molecule has 0 aliphatic rings. The summed E-state index contributed by atoms with van der Waals surface area (Å²) in [7, 11) is 6.06. The minimum Gasteiger partial charge on any atom is -0.495 e. The summed E-state index contributed by atoms with van der Waals surface area (Å²) in [6.07, 6.45) is 0. The van der Waals surface area contributed by atoms with Crippen LogP contribution in [0, 0.1) is 4.77 Å². The molecule has 0 fully saturated rings. The van der Waals surface area contributed by atoms with E-state index in [-0.39, 0.29) is 12.5 Å². The van der Waals surface area contributed by atoms with Gasteiger partial charge in [-0.3, -0.25) is 14.5 Å². The number of ether oxygens (including phenoxy) is 4. The van der Waals surface area contributed by atoms with E-state index in [4.69, 9.17) is 31.2 Å². The maximum absolute atomic E-state index is 12.8. The third kappa shape index (κ3) is 4.08. The standard InChI is InChI=1S/C20H22N4O5S/c1-26-14-8-6-5-7-13(14)24-17(22-23-20(24)30)11-21-19(25)12-9-15(27-2)18(29-4)16(10-12)28-3/h5-10H,11H2,1-4H3,(H,21,25)(H,23,30). The normalized spacial score (nSPS) is 10.4. The monoisotopic (exact) mass is 430 g/mol. The van der Waals surface area contributed by atoms with Gasteiger partial charge in [0.15, 0.2) is 22.1 Å². The first-order valence-electron chi connectivity index (χ1n) is 8.91. The molecule has 1 aromatic heterocycles. The van der Waals surface area contributed by atoms with E-state index in [1.807, 2.05) is 24.3 Å². The molecule has 158 valence electrons. The second kappa shape index (κ2) is 9.31. The van der Waals surface area contributed by atoms with Crippen LogP contribution in [0.4, 0.5) is 0 Å². The number of hydrogen-bond donors (Lipinski definition) is 2. The van der Waals surface area contributed by atoms with Gasteiger partial charge in [0.05, 0.1) is 40.7 Å². The van der Waals surface area contributed by atoms with E-state index in [1.165, 1.54) is 21.3 Å². The molecule has 1 heterocycles. The first-order chi connectivity index (χ1) is 14.5. The van der Waals surface area contributed by atoms with Gasteiger partial charge in [0.25, 0.3) is 5.91 Å². The molecule has 0 spiro atoms. The van der Waals surface area contributed by atoms with Crippen LogP contribution in [0.15, 0.2) is 36.4 Å². The van der Waals surface area contributed by atoms with Gasteiger partial charge in [0, 0.05) is 5.56 Å². The van der Waals surface area contributed by atoms with E-state index >= 15 is 0 Å². The van der Waals surface area contributed by atoms with Crippen LogP contribution < -0.4 is 24.3 Å². The Balaban J connectivity index is 1.87. The Kier molecular flexibility index (Phi) is 6.58. The number of aromatic amines is 1. The highest BCUT2D eigenvalue weighted by molar-refractivity contribution is 7.71. The summed E-state index contributed by atoms with van der Waals surface area (Å²) in [5.74, 6) is 2.00. The summed E-state index contributed by atoms with van der Waals surface area (Å²) >= 11 is 5.36. The van der Waals surface area contributed by atoms with Crippen LogP contribution in [0.25, 0.3) is 5.69 Å². The first-order valence-corrected chi connectivity index (χ1v) is 9.32. The minimum atomic E-state index is -0.338. The molecule has 0 radical (unpaired) electrons. The molecule has 0 unspecified atom stereocenters. The van der Waals surface area contributed by atoms with E-state index in [0.29, 0.717) is 39.2 Å². The smallest absolute Gasteiger partial charge is 0.251 e.